The molecule has 150 valence electrons. The zero-order chi connectivity index (χ0) is 20.3. The van der Waals surface area contributed by atoms with Crippen LogP contribution < -0.4 is 10.6 Å². The number of fused-ring (bicyclic) bond motifs is 1. The fraction of sp³-hybridized carbons (Fsp3) is 0.217. The molecule has 1 aliphatic heterocycles. The van der Waals surface area contributed by atoms with Gasteiger partial charge >= 0.3 is 0 Å². The molecule has 4 aromatic rings. The highest BCUT2D eigenvalue weighted by Gasteiger charge is 2.23. The van der Waals surface area contributed by atoms with Crippen LogP contribution in [0.2, 0.25) is 0 Å². The molecule has 1 aromatic carbocycles. The summed E-state index contributed by atoms with van der Waals surface area (Å²) in [4.78, 5) is 28.3. The largest absolute Gasteiger partial charge is 0.358 e. The minimum atomic E-state index is -0.299. The van der Waals surface area contributed by atoms with Gasteiger partial charge in [0, 0.05) is 29.4 Å². The van der Waals surface area contributed by atoms with Crippen LogP contribution in [-0.4, -0.2) is 33.4 Å². The van der Waals surface area contributed by atoms with Crippen molar-refractivity contribution in [3.8, 4) is 21.8 Å². The lowest BCUT2D eigenvalue weighted by Crippen LogP contribution is -2.38. The van der Waals surface area contributed by atoms with Crippen molar-refractivity contribution in [3.63, 3.8) is 0 Å². The third kappa shape index (κ3) is 3.76. The van der Waals surface area contributed by atoms with Crippen LogP contribution in [0.25, 0.3) is 32.0 Å². The van der Waals surface area contributed by atoms with Gasteiger partial charge in [-0.05, 0) is 43.0 Å². The number of carbonyl (C=O) groups excluding carboxylic acids is 1. The minimum absolute atomic E-state index is 0.0284. The SMILES string of the molecule is O=C1NCCCCC1Nc1nc(-c2cccnc2)nc2sc(-c3ccccc3)cc12. The number of nitrogens with one attached hydrogen (secondary N) is 2. The van der Waals surface area contributed by atoms with Gasteiger partial charge in [0.1, 0.15) is 16.7 Å². The van der Waals surface area contributed by atoms with Crippen molar-refractivity contribution in [2.45, 2.75) is 25.3 Å². The molecular formula is C23H21N5OS. The van der Waals surface area contributed by atoms with Gasteiger partial charge in [-0.1, -0.05) is 30.3 Å². The second-order valence-electron chi connectivity index (χ2n) is 7.32. The Hall–Kier alpha value is -3.32. The topological polar surface area (TPSA) is 79.8 Å². The van der Waals surface area contributed by atoms with E-state index in [-0.39, 0.29) is 11.9 Å². The predicted molar refractivity (Wildman–Crippen MR) is 120 cm³/mol. The summed E-state index contributed by atoms with van der Waals surface area (Å²) in [5.41, 5.74) is 1.99. The number of anilines is 1. The number of nitrogens with zero attached hydrogens (tertiary/aromatic N) is 3. The summed E-state index contributed by atoms with van der Waals surface area (Å²) in [6.07, 6.45) is 6.28. The predicted octanol–water partition coefficient (Wildman–Crippen LogP) is 4.50. The molecule has 5 rings (SSSR count). The number of aromatic nitrogens is 3. The van der Waals surface area contributed by atoms with E-state index in [4.69, 9.17) is 9.97 Å². The smallest absolute Gasteiger partial charge is 0.242 e. The van der Waals surface area contributed by atoms with Crippen molar-refractivity contribution in [2.24, 2.45) is 0 Å². The van der Waals surface area contributed by atoms with Crippen LogP contribution in [0, 0.1) is 0 Å². The fourth-order valence-electron chi connectivity index (χ4n) is 3.64. The zero-order valence-corrected chi connectivity index (χ0v) is 17.2. The summed E-state index contributed by atoms with van der Waals surface area (Å²) in [5.74, 6) is 1.33. The number of hydrogen-bond acceptors (Lipinski definition) is 6. The molecule has 2 N–H and O–H groups in total. The van der Waals surface area contributed by atoms with E-state index < -0.39 is 0 Å². The number of benzene rings is 1. The number of thiophene rings is 1. The van der Waals surface area contributed by atoms with Crippen molar-refractivity contribution < 1.29 is 4.79 Å². The first-order valence-electron chi connectivity index (χ1n) is 10.1. The highest BCUT2D eigenvalue weighted by atomic mass is 32.1. The highest BCUT2D eigenvalue weighted by molar-refractivity contribution is 7.22. The van der Waals surface area contributed by atoms with Crippen molar-refractivity contribution in [1.29, 1.82) is 0 Å². The zero-order valence-electron chi connectivity index (χ0n) is 16.3. The number of pyridine rings is 1. The molecule has 4 heterocycles. The summed E-state index contributed by atoms with van der Waals surface area (Å²) in [6.45, 7) is 0.730. The Balaban J connectivity index is 1.62. The molecule has 0 spiro atoms. The first kappa shape index (κ1) is 18.7. The van der Waals surface area contributed by atoms with Gasteiger partial charge in [-0.25, -0.2) is 9.97 Å². The number of amides is 1. The molecule has 0 aliphatic carbocycles. The van der Waals surface area contributed by atoms with Gasteiger partial charge < -0.3 is 10.6 Å². The molecule has 1 aliphatic rings. The Kier molecular flexibility index (Phi) is 5.11. The summed E-state index contributed by atoms with van der Waals surface area (Å²) < 4.78 is 0. The third-order valence-electron chi connectivity index (χ3n) is 5.22. The van der Waals surface area contributed by atoms with E-state index in [0.29, 0.717) is 11.6 Å². The third-order valence-corrected chi connectivity index (χ3v) is 6.30. The first-order valence-corrected chi connectivity index (χ1v) is 10.9. The van der Waals surface area contributed by atoms with E-state index in [1.54, 1.807) is 23.7 Å². The highest BCUT2D eigenvalue weighted by Crippen LogP contribution is 2.37. The van der Waals surface area contributed by atoms with Crippen molar-refractivity contribution in [3.05, 3.63) is 60.9 Å². The van der Waals surface area contributed by atoms with Crippen molar-refractivity contribution in [1.82, 2.24) is 20.3 Å². The summed E-state index contributed by atoms with van der Waals surface area (Å²) >= 11 is 1.63. The Morgan fingerprint density at radius 2 is 1.90 bits per heavy atom. The molecule has 1 atom stereocenters. The van der Waals surface area contributed by atoms with E-state index in [0.717, 1.165) is 52.0 Å². The van der Waals surface area contributed by atoms with E-state index in [1.807, 2.05) is 30.3 Å². The van der Waals surface area contributed by atoms with Crippen LogP contribution in [0.5, 0.6) is 0 Å². The molecule has 30 heavy (non-hydrogen) atoms. The summed E-state index contributed by atoms with van der Waals surface area (Å²) in [6, 6.07) is 15.9. The lowest BCUT2D eigenvalue weighted by Gasteiger charge is -2.17. The molecule has 1 amide bonds. The van der Waals surface area contributed by atoms with Crippen LogP contribution in [-0.2, 0) is 4.79 Å². The average molecular weight is 416 g/mol. The maximum atomic E-state index is 12.5. The lowest BCUT2D eigenvalue weighted by atomic mass is 10.1. The van der Waals surface area contributed by atoms with E-state index in [9.17, 15) is 4.79 Å². The van der Waals surface area contributed by atoms with Crippen LogP contribution >= 0.6 is 11.3 Å². The molecule has 3 aromatic heterocycles. The molecular weight excluding hydrogens is 394 g/mol. The second-order valence-corrected chi connectivity index (χ2v) is 8.35. The molecule has 1 saturated heterocycles. The lowest BCUT2D eigenvalue weighted by molar-refractivity contribution is -0.121. The van der Waals surface area contributed by atoms with Crippen molar-refractivity contribution in [2.75, 3.05) is 11.9 Å². The standard InChI is InChI=1S/C23H21N5OS/c29-22-18(10-4-5-12-25-22)26-21-17-13-19(15-7-2-1-3-8-15)30-23(17)28-20(27-21)16-9-6-11-24-14-16/h1-3,6-9,11,13-14,18H,4-5,10,12H2,(H,25,29)(H,26,27,28). The Labute approximate surface area is 178 Å². The Morgan fingerprint density at radius 1 is 1.03 bits per heavy atom. The van der Waals surface area contributed by atoms with Crippen LogP contribution in [0.15, 0.2) is 60.9 Å². The molecule has 1 unspecified atom stereocenters. The molecule has 6 nitrogen and oxygen atoms in total. The molecule has 1 fully saturated rings. The number of rotatable bonds is 4. The Bertz CT molecular complexity index is 1180. The summed E-state index contributed by atoms with van der Waals surface area (Å²) in [7, 11) is 0. The monoisotopic (exact) mass is 415 g/mol. The maximum absolute atomic E-state index is 12.5. The second kappa shape index (κ2) is 8.20. The van der Waals surface area contributed by atoms with E-state index >= 15 is 0 Å². The van der Waals surface area contributed by atoms with E-state index in [1.165, 1.54) is 0 Å². The van der Waals surface area contributed by atoms with Crippen LogP contribution in [0.3, 0.4) is 0 Å². The quantitative estimate of drug-likeness (QED) is 0.513. The van der Waals surface area contributed by atoms with Gasteiger partial charge in [0.25, 0.3) is 0 Å². The summed E-state index contributed by atoms with van der Waals surface area (Å²) in [5, 5.41) is 7.33. The molecule has 0 saturated carbocycles. The molecule has 0 radical (unpaired) electrons. The van der Waals surface area contributed by atoms with Crippen LogP contribution in [0.1, 0.15) is 19.3 Å². The maximum Gasteiger partial charge on any atom is 0.242 e. The van der Waals surface area contributed by atoms with Gasteiger partial charge in [0.2, 0.25) is 5.91 Å². The normalized spacial score (nSPS) is 16.8. The van der Waals surface area contributed by atoms with E-state index in [2.05, 4.69) is 33.8 Å². The average Bonchev–Trinajstić information content (AvgIpc) is 3.13. The van der Waals surface area contributed by atoms with Gasteiger partial charge in [0.15, 0.2) is 5.82 Å². The molecule has 0 bridgehead atoms. The fourth-order valence-corrected chi connectivity index (χ4v) is 4.68. The van der Waals surface area contributed by atoms with Gasteiger partial charge in [-0.2, -0.15) is 0 Å². The van der Waals surface area contributed by atoms with Crippen molar-refractivity contribution >= 4 is 33.3 Å². The van der Waals surface area contributed by atoms with Crippen LogP contribution in [0.4, 0.5) is 5.82 Å². The van der Waals surface area contributed by atoms with Gasteiger partial charge in [-0.3, -0.25) is 9.78 Å². The minimum Gasteiger partial charge on any atom is -0.358 e. The van der Waals surface area contributed by atoms with Gasteiger partial charge in [0.05, 0.1) is 5.39 Å². The van der Waals surface area contributed by atoms with Gasteiger partial charge in [-0.15, -0.1) is 11.3 Å². The molecule has 7 heteroatoms. The Morgan fingerprint density at radius 3 is 2.73 bits per heavy atom. The number of hydrogen-bond donors (Lipinski definition) is 2. The first-order chi connectivity index (χ1) is 14.8. The number of carbonyl (C=O) groups is 1.